The van der Waals surface area contributed by atoms with Crippen molar-refractivity contribution in [3.63, 3.8) is 0 Å². The van der Waals surface area contributed by atoms with E-state index in [1.807, 2.05) is 37.4 Å². The summed E-state index contributed by atoms with van der Waals surface area (Å²) in [6.45, 7) is 3.99. The van der Waals surface area contributed by atoms with Crippen LogP contribution in [0.15, 0.2) is 29.6 Å². The van der Waals surface area contributed by atoms with E-state index in [-0.39, 0.29) is 5.75 Å². The molecule has 0 fully saturated rings. The highest BCUT2D eigenvalue weighted by Gasteiger charge is 2.14. The molecule has 0 amide bonds. The van der Waals surface area contributed by atoms with E-state index < -0.39 is 10.0 Å². The van der Waals surface area contributed by atoms with Gasteiger partial charge in [0.05, 0.1) is 11.4 Å². The minimum atomic E-state index is -3.33. The normalized spacial score (nSPS) is 11.8. The Hall–Kier alpha value is -1.60. The second-order valence-electron chi connectivity index (χ2n) is 5.27. The lowest BCUT2D eigenvalue weighted by molar-refractivity contribution is 0.578. The largest absolute Gasteiger partial charge is 0.399 e. The lowest BCUT2D eigenvalue weighted by Crippen LogP contribution is -2.17. The molecule has 0 saturated carbocycles. The topological polar surface area (TPSA) is 85.1 Å². The molecule has 2 aromatic rings. The summed E-state index contributed by atoms with van der Waals surface area (Å²) in [7, 11) is -3.33. The van der Waals surface area contributed by atoms with Gasteiger partial charge in [-0.25, -0.2) is 13.4 Å². The van der Waals surface area contributed by atoms with Crippen LogP contribution in [0.4, 0.5) is 10.8 Å². The fourth-order valence-electron chi connectivity index (χ4n) is 1.73. The molecule has 0 aliphatic rings. The third kappa shape index (κ3) is 4.71. The molecule has 0 aliphatic carbocycles. The van der Waals surface area contributed by atoms with Gasteiger partial charge in [-0.15, -0.1) is 11.3 Å². The molecule has 1 heterocycles. The van der Waals surface area contributed by atoms with E-state index in [9.17, 15) is 8.42 Å². The number of rotatable bonds is 6. The van der Waals surface area contributed by atoms with Crippen molar-refractivity contribution < 1.29 is 8.42 Å². The minimum Gasteiger partial charge on any atom is -0.399 e. The number of thiazole rings is 1. The molecule has 0 atom stereocenters. The van der Waals surface area contributed by atoms with Gasteiger partial charge in [0.2, 0.25) is 10.0 Å². The summed E-state index contributed by atoms with van der Waals surface area (Å²) < 4.78 is 26.4. The van der Waals surface area contributed by atoms with Gasteiger partial charge in [0.15, 0.2) is 5.13 Å². The summed E-state index contributed by atoms with van der Waals surface area (Å²) in [6.07, 6.45) is 0.628. The summed E-state index contributed by atoms with van der Waals surface area (Å²) in [5, 5.41) is 2.20. The molecule has 7 heteroatoms. The van der Waals surface area contributed by atoms with E-state index in [0.29, 0.717) is 28.9 Å². The number of hydrogen-bond donors (Lipinski definition) is 2. The summed E-state index contributed by atoms with van der Waals surface area (Å²) in [5.41, 5.74) is 7.98. The maximum absolute atomic E-state index is 11.9. The SMILES string of the molecule is CC(C)CCS(=O)(=O)Nc1nc(-c2cccc(N)c2)cs1. The highest BCUT2D eigenvalue weighted by molar-refractivity contribution is 7.92. The van der Waals surface area contributed by atoms with Crippen molar-refractivity contribution >= 4 is 32.2 Å². The van der Waals surface area contributed by atoms with Crippen LogP contribution in [-0.2, 0) is 10.0 Å². The zero-order valence-corrected chi connectivity index (χ0v) is 13.7. The van der Waals surface area contributed by atoms with Gasteiger partial charge in [0.1, 0.15) is 0 Å². The first-order valence-electron chi connectivity index (χ1n) is 6.67. The van der Waals surface area contributed by atoms with E-state index in [4.69, 9.17) is 5.73 Å². The number of hydrogen-bond acceptors (Lipinski definition) is 5. The number of anilines is 2. The molecule has 1 aromatic carbocycles. The van der Waals surface area contributed by atoms with Crippen LogP contribution in [0.3, 0.4) is 0 Å². The molecule has 1 aromatic heterocycles. The Morgan fingerprint density at radius 2 is 2.14 bits per heavy atom. The monoisotopic (exact) mass is 325 g/mol. The summed E-state index contributed by atoms with van der Waals surface area (Å²) in [5.74, 6) is 0.457. The molecule has 3 N–H and O–H groups in total. The van der Waals surface area contributed by atoms with Crippen molar-refractivity contribution in [1.29, 1.82) is 0 Å². The molecule has 114 valence electrons. The van der Waals surface area contributed by atoms with E-state index in [1.165, 1.54) is 11.3 Å². The molecule has 0 saturated heterocycles. The van der Waals surface area contributed by atoms with Gasteiger partial charge >= 0.3 is 0 Å². The Morgan fingerprint density at radius 1 is 1.38 bits per heavy atom. The van der Waals surface area contributed by atoms with Gasteiger partial charge in [-0.3, -0.25) is 4.72 Å². The maximum atomic E-state index is 11.9. The number of benzene rings is 1. The van der Waals surface area contributed by atoms with Crippen LogP contribution in [0.1, 0.15) is 20.3 Å². The zero-order valence-electron chi connectivity index (χ0n) is 12.0. The quantitative estimate of drug-likeness (QED) is 0.799. The van der Waals surface area contributed by atoms with Crippen molar-refractivity contribution in [3.05, 3.63) is 29.6 Å². The Balaban J connectivity index is 2.10. The number of nitrogens with one attached hydrogen (secondary N) is 1. The highest BCUT2D eigenvalue weighted by Crippen LogP contribution is 2.26. The molecule has 21 heavy (non-hydrogen) atoms. The molecule has 0 spiro atoms. The Morgan fingerprint density at radius 3 is 2.81 bits per heavy atom. The second-order valence-corrected chi connectivity index (χ2v) is 7.97. The van der Waals surface area contributed by atoms with Gasteiger partial charge in [-0.1, -0.05) is 26.0 Å². The first-order chi connectivity index (χ1) is 9.85. The van der Waals surface area contributed by atoms with Crippen LogP contribution < -0.4 is 10.5 Å². The molecule has 0 radical (unpaired) electrons. The Labute approximate surface area is 129 Å². The maximum Gasteiger partial charge on any atom is 0.234 e. The van der Waals surface area contributed by atoms with Gasteiger partial charge in [0, 0.05) is 16.6 Å². The van der Waals surface area contributed by atoms with Crippen LogP contribution in [0, 0.1) is 5.92 Å². The van der Waals surface area contributed by atoms with Gasteiger partial charge < -0.3 is 5.73 Å². The van der Waals surface area contributed by atoms with Crippen molar-refractivity contribution in [2.45, 2.75) is 20.3 Å². The van der Waals surface area contributed by atoms with Crippen LogP contribution in [0.2, 0.25) is 0 Å². The Kier molecular flexibility index (Phi) is 4.84. The standard InChI is InChI=1S/C14H19N3O2S2/c1-10(2)6-7-21(18,19)17-14-16-13(9-20-14)11-4-3-5-12(15)8-11/h3-5,8-10H,6-7,15H2,1-2H3,(H,16,17). The van der Waals surface area contributed by atoms with E-state index in [2.05, 4.69) is 9.71 Å². The minimum absolute atomic E-state index is 0.109. The van der Waals surface area contributed by atoms with Crippen LogP contribution in [-0.4, -0.2) is 19.2 Å². The molecule has 5 nitrogen and oxygen atoms in total. The molecule has 2 rings (SSSR count). The first kappa shape index (κ1) is 15.8. The van der Waals surface area contributed by atoms with Crippen molar-refractivity contribution in [3.8, 4) is 11.3 Å². The molecular formula is C14H19N3O2S2. The second kappa shape index (κ2) is 6.44. The summed E-state index contributed by atoms with van der Waals surface area (Å²) >= 11 is 1.27. The number of nitrogens with zero attached hydrogens (tertiary/aromatic N) is 1. The van der Waals surface area contributed by atoms with E-state index in [1.54, 1.807) is 6.07 Å². The van der Waals surface area contributed by atoms with E-state index >= 15 is 0 Å². The first-order valence-corrected chi connectivity index (χ1v) is 9.21. The molecular weight excluding hydrogens is 306 g/mol. The predicted octanol–water partition coefficient (Wildman–Crippen LogP) is 3.18. The summed E-state index contributed by atoms with van der Waals surface area (Å²) in [6, 6.07) is 7.34. The van der Waals surface area contributed by atoms with Crippen LogP contribution in [0.5, 0.6) is 0 Å². The fraction of sp³-hybridized carbons (Fsp3) is 0.357. The smallest absolute Gasteiger partial charge is 0.234 e. The highest BCUT2D eigenvalue weighted by atomic mass is 32.2. The lowest BCUT2D eigenvalue weighted by Gasteiger charge is -2.06. The van der Waals surface area contributed by atoms with Crippen LogP contribution in [0.25, 0.3) is 11.3 Å². The lowest BCUT2D eigenvalue weighted by atomic mass is 10.1. The molecule has 0 bridgehead atoms. The van der Waals surface area contributed by atoms with Crippen molar-refractivity contribution in [2.75, 3.05) is 16.2 Å². The number of aromatic nitrogens is 1. The Bertz CT molecular complexity index is 709. The van der Waals surface area contributed by atoms with Gasteiger partial charge in [-0.05, 0) is 24.5 Å². The number of nitrogens with two attached hydrogens (primary N) is 1. The van der Waals surface area contributed by atoms with E-state index in [0.717, 1.165) is 5.56 Å². The average Bonchev–Trinajstić information content (AvgIpc) is 2.84. The molecule has 0 aliphatic heterocycles. The third-order valence-corrected chi connectivity index (χ3v) is 5.06. The predicted molar refractivity (Wildman–Crippen MR) is 88.8 cm³/mol. The van der Waals surface area contributed by atoms with Gasteiger partial charge in [-0.2, -0.15) is 0 Å². The molecule has 0 unspecified atom stereocenters. The number of nitrogen functional groups attached to an aromatic ring is 1. The zero-order chi connectivity index (χ0) is 15.5. The van der Waals surface area contributed by atoms with Crippen LogP contribution >= 0.6 is 11.3 Å². The third-order valence-electron chi connectivity index (χ3n) is 2.89. The number of sulfonamides is 1. The average molecular weight is 325 g/mol. The fourth-order valence-corrected chi connectivity index (χ4v) is 4.06. The van der Waals surface area contributed by atoms with Crippen molar-refractivity contribution in [1.82, 2.24) is 4.98 Å². The summed E-state index contributed by atoms with van der Waals surface area (Å²) in [4.78, 5) is 4.31. The van der Waals surface area contributed by atoms with Crippen molar-refractivity contribution in [2.24, 2.45) is 5.92 Å². The van der Waals surface area contributed by atoms with Gasteiger partial charge in [0.25, 0.3) is 0 Å².